The van der Waals surface area contributed by atoms with Gasteiger partial charge < -0.3 is 10.6 Å². The first-order valence-electron chi connectivity index (χ1n) is 10.9. The van der Waals surface area contributed by atoms with Crippen molar-refractivity contribution in [3.8, 4) is 6.07 Å². The number of nitrogens with one attached hydrogen (secondary N) is 2. The van der Waals surface area contributed by atoms with E-state index in [1.54, 1.807) is 24.7 Å². The second-order valence-electron chi connectivity index (χ2n) is 7.41. The zero-order valence-electron chi connectivity index (χ0n) is 18.2. The molecular weight excluding hydrogens is 416 g/mol. The number of pyridine rings is 1. The number of rotatable bonds is 12. The van der Waals surface area contributed by atoms with Crippen molar-refractivity contribution in [1.29, 1.82) is 5.26 Å². The van der Waals surface area contributed by atoms with E-state index in [0.717, 1.165) is 38.3 Å². The van der Waals surface area contributed by atoms with Crippen LogP contribution in [-0.2, 0) is 13.1 Å². The van der Waals surface area contributed by atoms with E-state index in [-0.39, 0.29) is 0 Å². The summed E-state index contributed by atoms with van der Waals surface area (Å²) in [5.74, 6) is 0.656. The largest absolute Gasteiger partial charge is 0.370 e. The molecule has 0 aliphatic carbocycles. The van der Waals surface area contributed by atoms with Crippen LogP contribution < -0.4 is 10.6 Å². The van der Waals surface area contributed by atoms with E-state index < -0.39 is 5.92 Å². The second kappa shape index (κ2) is 11.4. The van der Waals surface area contributed by atoms with Gasteiger partial charge in [-0.15, -0.1) is 0 Å². The third-order valence-corrected chi connectivity index (χ3v) is 5.00. The van der Waals surface area contributed by atoms with Crippen LogP contribution in [0.3, 0.4) is 0 Å². The lowest BCUT2D eigenvalue weighted by Crippen LogP contribution is -2.12. The molecule has 0 spiro atoms. The molecule has 33 heavy (non-hydrogen) atoms. The molecule has 4 aromatic rings. The number of aryl methyl sites for hydroxylation is 2. The lowest BCUT2D eigenvalue weighted by molar-refractivity contribution is 0.591. The predicted octanol–water partition coefficient (Wildman–Crippen LogP) is 2.92. The number of nitriles is 1. The molecule has 1 atom stereocenters. The monoisotopic (exact) mass is 442 g/mol. The molecule has 0 amide bonds. The fourth-order valence-corrected chi connectivity index (χ4v) is 3.38. The fourth-order valence-electron chi connectivity index (χ4n) is 3.38. The van der Waals surface area contributed by atoms with Crippen LogP contribution in [0.4, 0.5) is 11.8 Å². The molecule has 4 aromatic heterocycles. The van der Waals surface area contributed by atoms with Gasteiger partial charge in [0.2, 0.25) is 5.95 Å². The Bertz CT molecular complexity index is 1060. The van der Waals surface area contributed by atoms with E-state index >= 15 is 0 Å². The Morgan fingerprint density at radius 3 is 2.18 bits per heavy atom. The van der Waals surface area contributed by atoms with Crippen LogP contribution in [0.5, 0.6) is 0 Å². The third kappa shape index (κ3) is 6.36. The third-order valence-electron chi connectivity index (χ3n) is 5.00. The molecule has 10 heteroatoms. The molecule has 168 valence electrons. The maximum absolute atomic E-state index is 9.84. The number of nitrogens with zero attached hydrogens (tertiary/aromatic N) is 8. The van der Waals surface area contributed by atoms with E-state index in [9.17, 15) is 5.26 Å². The van der Waals surface area contributed by atoms with Crippen LogP contribution in [-0.4, -0.2) is 47.6 Å². The molecule has 4 heterocycles. The summed E-state index contributed by atoms with van der Waals surface area (Å²) in [6, 6.07) is 13.6. The molecule has 10 nitrogen and oxygen atoms in total. The van der Waals surface area contributed by atoms with Gasteiger partial charge in [-0.25, -0.2) is 15.0 Å². The number of aromatic nitrogens is 7. The van der Waals surface area contributed by atoms with Crippen LogP contribution in [0.2, 0.25) is 0 Å². The quantitative estimate of drug-likeness (QED) is 0.321. The van der Waals surface area contributed by atoms with Crippen LogP contribution in [0, 0.1) is 11.3 Å². The Hall–Kier alpha value is -4.26. The highest BCUT2D eigenvalue weighted by molar-refractivity contribution is 5.40. The van der Waals surface area contributed by atoms with Gasteiger partial charge in [0.05, 0.1) is 17.5 Å². The summed E-state index contributed by atoms with van der Waals surface area (Å²) in [7, 11) is 0. The Balaban J connectivity index is 1.33. The van der Waals surface area contributed by atoms with Crippen molar-refractivity contribution in [2.24, 2.45) is 0 Å². The van der Waals surface area contributed by atoms with E-state index in [2.05, 4.69) is 41.9 Å². The molecule has 0 saturated heterocycles. The van der Waals surface area contributed by atoms with Crippen molar-refractivity contribution >= 4 is 11.8 Å². The molecule has 0 aliphatic heterocycles. The summed E-state index contributed by atoms with van der Waals surface area (Å²) in [5, 5.41) is 24.8. The van der Waals surface area contributed by atoms with Gasteiger partial charge in [-0.3, -0.25) is 9.36 Å². The SMILES string of the molecule is N#CC(c1cccc(NCCCn2cccn2)n1)c1ccnc(NCCCn2cccn2)n1. The van der Waals surface area contributed by atoms with Gasteiger partial charge in [-0.1, -0.05) is 6.07 Å². The normalized spacial score (nSPS) is 11.6. The first-order chi connectivity index (χ1) is 16.3. The molecular formula is C23H26N10. The Kier molecular flexibility index (Phi) is 7.57. The van der Waals surface area contributed by atoms with E-state index in [0.29, 0.717) is 23.9 Å². The van der Waals surface area contributed by atoms with Gasteiger partial charge in [0, 0.05) is 57.2 Å². The summed E-state index contributed by atoms with van der Waals surface area (Å²) in [5.41, 5.74) is 1.27. The average molecular weight is 443 g/mol. The maximum atomic E-state index is 9.84. The maximum Gasteiger partial charge on any atom is 0.222 e. The summed E-state index contributed by atoms with van der Waals surface area (Å²) < 4.78 is 3.78. The highest BCUT2D eigenvalue weighted by Crippen LogP contribution is 2.22. The Morgan fingerprint density at radius 2 is 1.52 bits per heavy atom. The van der Waals surface area contributed by atoms with Crippen LogP contribution >= 0.6 is 0 Å². The highest BCUT2D eigenvalue weighted by atomic mass is 15.3. The minimum absolute atomic E-state index is 0.501. The molecule has 0 bridgehead atoms. The Labute approximate surface area is 192 Å². The summed E-state index contributed by atoms with van der Waals surface area (Å²) in [6.45, 7) is 3.11. The first kappa shape index (κ1) is 22.0. The van der Waals surface area contributed by atoms with Crippen molar-refractivity contribution < 1.29 is 0 Å². The molecule has 0 radical (unpaired) electrons. The second-order valence-corrected chi connectivity index (χ2v) is 7.41. The summed E-state index contributed by atoms with van der Waals surface area (Å²) in [4.78, 5) is 13.5. The lowest BCUT2D eigenvalue weighted by atomic mass is 10.0. The minimum atomic E-state index is -0.580. The summed E-state index contributed by atoms with van der Waals surface area (Å²) >= 11 is 0. The zero-order valence-corrected chi connectivity index (χ0v) is 18.2. The van der Waals surface area contributed by atoms with Crippen molar-refractivity contribution in [1.82, 2.24) is 34.5 Å². The van der Waals surface area contributed by atoms with E-state index in [1.165, 1.54) is 0 Å². The topological polar surface area (TPSA) is 122 Å². The molecule has 2 N–H and O–H groups in total. The van der Waals surface area contributed by atoms with Crippen molar-refractivity contribution in [2.45, 2.75) is 31.8 Å². The fraction of sp³-hybridized carbons (Fsp3) is 0.304. The van der Waals surface area contributed by atoms with Gasteiger partial charge in [-0.05, 0) is 43.2 Å². The van der Waals surface area contributed by atoms with Gasteiger partial charge >= 0.3 is 0 Å². The number of hydrogen-bond donors (Lipinski definition) is 2. The molecule has 0 aromatic carbocycles. The number of hydrogen-bond acceptors (Lipinski definition) is 8. The molecule has 0 aliphatic rings. The molecule has 1 unspecified atom stereocenters. The van der Waals surface area contributed by atoms with Gasteiger partial charge in [0.15, 0.2) is 0 Å². The minimum Gasteiger partial charge on any atom is -0.370 e. The average Bonchev–Trinajstić information content (AvgIpc) is 3.55. The predicted molar refractivity (Wildman–Crippen MR) is 124 cm³/mol. The van der Waals surface area contributed by atoms with Crippen LogP contribution in [0.1, 0.15) is 30.1 Å². The first-order valence-corrected chi connectivity index (χ1v) is 10.9. The summed E-state index contributed by atoms with van der Waals surface area (Å²) in [6.07, 6.45) is 10.9. The van der Waals surface area contributed by atoms with Gasteiger partial charge in [-0.2, -0.15) is 15.5 Å². The number of anilines is 2. The van der Waals surface area contributed by atoms with E-state index in [1.807, 2.05) is 52.1 Å². The molecule has 4 rings (SSSR count). The zero-order chi connectivity index (χ0) is 22.7. The Morgan fingerprint density at radius 1 is 0.818 bits per heavy atom. The van der Waals surface area contributed by atoms with E-state index in [4.69, 9.17) is 0 Å². The van der Waals surface area contributed by atoms with Gasteiger partial charge in [0.25, 0.3) is 0 Å². The van der Waals surface area contributed by atoms with Crippen molar-refractivity contribution in [3.63, 3.8) is 0 Å². The molecule has 0 saturated carbocycles. The lowest BCUT2D eigenvalue weighted by Gasteiger charge is -2.12. The van der Waals surface area contributed by atoms with Crippen LogP contribution in [0.15, 0.2) is 67.4 Å². The van der Waals surface area contributed by atoms with Gasteiger partial charge in [0.1, 0.15) is 11.7 Å². The molecule has 0 fully saturated rings. The highest BCUT2D eigenvalue weighted by Gasteiger charge is 2.18. The van der Waals surface area contributed by atoms with Crippen LogP contribution in [0.25, 0.3) is 0 Å². The van der Waals surface area contributed by atoms with Crippen molar-refractivity contribution in [2.75, 3.05) is 23.7 Å². The standard InChI is InChI=1S/C23H26N10/c24-18-19(20-6-1-7-22(30-20)25-9-2-14-32-16-4-11-28-32)21-8-13-27-23(31-21)26-10-3-15-33-17-5-12-29-33/h1,4-8,11-13,16-17,19H,2-3,9-10,14-15H2,(H,25,30)(H,26,27,31). The smallest absolute Gasteiger partial charge is 0.222 e. The van der Waals surface area contributed by atoms with Crippen molar-refractivity contribution in [3.05, 3.63) is 78.8 Å².